The molecule has 7 heteroatoms. The number of halogens is 3. The maximum atomic E-state index is 12.8. The van der Waals surface area contributed by atoms with Gasteiger partial charge in [-0.1, -0.05) is 13.3 Å². The lowest BCUT2D eigenvalue weighted by Gasteiger charge is -2.32. The summed E-state index contributed by atoms with van der Waals surface area (Å²) in [4.78, 5) is 24.8. The van der Waals surface area contributed by atoms with Crippen LogP contribution < -0.4 is 0 Å². The van der Waals surface area contributed by atoms with Crippen LogP contribution in [0.15, 0.2) is 0 Å². The van der Waals surface area contributed by atoms with Gasteiger partial charge < -0.3 is 10.0 Å². The van der Waals surface area contributed by atoms with Gasteiger partial charge in [-0.05, 0) is 25.2 Å². The van der Waals surface area contributed by atoms with Crippen molar-refractivity contribution in [3.05, 3.63) is 0 Å². The van der Waals surface area contributed by atoms with Crippen LogP contribution in [0.5, 0.6) is 0 Å². The minimum absolute atomic E-state index is 0.0848. The number of aliphatic carboxylic acids is 1. The molecular weight excluding hydrogens is 287 g/mol. The summed E-state index contributed by atoms with van der Waals surface area (Å²) in [5.41, 5.74) is 0. The molecule has 2 rings (SSSR count). The molecule has 21 heavy (non-hydrogen) atoms. The molecule has 0 radical (unpaired) electrons. The molecule has 1 saturated heterocycles. The quantitative estimate of drug-likeness (QED) is 0.853. The van der Waals surface area contributed by atoms with E-state index in [0.717, 1.165) is 0 Å². The van der Waals surface area contributed by atoms with E-state index < -0.39 is 29.9 Å². The molecule has 1 heterocycles. The first kappa shape index (κ1) is 16.1. The van der Waals surface area contributed by atoms with Crippen LogP contribution in [0.1, 0.15) is 32.6 Å². The summed E-state index contributed by atoms with van der Waals surface area (Å²) in [6.07, 6.45) is -3.46. The summed E-state index contributed by atoms with van der Waals surface area (Å²) < 4.78 is 38.3. The van der Waals surface area contributed by atoms with Crippen LogP contribution in [-0.4, -0.2) is 41.1 Å². The highest BCUT2D eigenvalue weighted by Crippen LogP contribution is 2.41. The van der Waals surface area contributed by atoms with Gasteiger partial charge in [0.1, 0.15) is 0 Å². The van der Waals surface area contributed by atoms with Crippen molar-refractivity contribution < 1.29 is 27.9 Å². The Labute approximate surface area is 121 Å². The van der Waals surface area contributed by atoms with Gasteiger partial charge in [0.25, 0.3) is 0 Å². The van der Waals surface area contributed by atoms with E-state index >= 15 is 0 Å². The first-order valence-electron chi connectivity index (χ1n) is 7.28. The largest absolute Gasteiger partial charge is 0.481 e. The molecule has 1 N–H and O–H groups in total. The van der Waals surface area contributed by atoms with E-state index in [1.165, 1.54) is 4.90 Å². The number of carbonyl (C=O) groups is 2. The summed E-state index contributed by atoms with van der Waals surface area (Å²) in [6.45, 7) is 2.19. The van der Waals surface area contributed by atoms with E-state index in [9.17, 15) is 22.8 Å². The van der Waals surface area contributed by atoms with Gasteiger partial charge in [0, 0.05) is 19.0 Å². The van der Waals surface area contributed by atoms with E-state index in [-0.39, 0.29) is 31.2 Å². The van der Waals surface area contributed by atoms with Crippen LogP contribution in [0.2, 0.25) is 0 Å². The fraction of sp³-hybridized carbons (Fsp3) is 0.857. The third kappa shape index (κ3) is 3.49. The Morgan fingerprint density at radius 2 is 1.86 bits per heavy atom. The number of nitrogens with zero attached hydrogens (tertiary/aromatic N) is 1. The number of amides is 1. The van der Waals surface area contributed by atoms with E-state index in [1.54, 1.807) is 6.92 Å². The molecule has 1 aliphatic carbocycles. The van der Waals surface area contributed by atoms with Gasteiger partial charge >= 0.3 is 12.1 Å². The smallest absolute Gasteiger partial charge is 0.391 e. The molecule has 2 fully saturated rings. The molecule has 4 atom stereocenters. The molecule has 0 aromatic heterocycles. The number of hydrogen-bond donors (Lipinski definition) is 1. The molecule has 0 aromatic rings. The average Bonchev–Trinajstić information content (AvgIpc) is 2.79. The minimum atomic E-state index is -4.25. The molecule has 1 aliphatic heterocycles. The van der Waals surface area contributed by atoms with E-state index in [2.05, 4.69) is 0 Å². The zero-order chi connectivity index (χ0) is 15.8. The molecule has 0 spiro atoms. The van der Waals surface area contributed by atoms with Gasteiger partial charge in [-0.3, -0.25) is 9.59 Å². The van der Waals surface area contributed by atoms with Crippen molar-refractivity contribution in [3.63, 3.8) is 0 Å². The monoisotopic (exact) mass is 307 g/mol. The molecular formula is C14H20F3NO3. The average molecular weight is 307 g/mol. The van der Waals surface area contributed by atoms with Crippen molar-refractivity contribution in [2.45, 2.75) is 38.8 Å². The highest BCUT2D eigenvalue weighted by molar-refractivity contribution is 5.81. The zero-order valence-corrected chi connectivity index (χ0v) is 11.9. The highest BCUT2D eigenvalue weighted by Gasteiger charge is 2.45. The fourth-order valence-electron chi connectivity index (χ4n) is 3.44. The third-order valence-electron chi connectivity index (χ3n) is 4.73. The summed E-state index contributed by atoms with van der Waals surface area (Å²) in [6, 6.07) is 0. The van der Waals surface area contributed by atoms with Crippen molar-refractivity contribution in [1.29, 1.82) is 0 Å². The summed E-state index contributed by atoms with van der Waals surface area (Å²) in [7, 11) is 0. The first-order chi connectivity index (χ1) is 9.70. The van der Waals surface area contributed by atoms with Crippen LogP contribution >= 0.6 is 0 Å². The lowest BCUT2D eigenvalue weighted by atomic mass is 9.80. The minimum Gasteiger partial charge on any atom is -0.481 e. The van der Waals surface area contributed by atoms with Crippen molar-refractivity contribution in [2.24, 2.45) is 23.7 Å². The number of rotatable bonds is 2. The van der Waals surface area contributed by atoms with Gasteiger partial charge in [0.2, 0.25) is 5.91 Å². The molecule has 2 aliphatic rings. The van der Waals surface area contributed by atoms with Gasteiger partial charge in [-0.2, -0.15) is 13.2 Å². The van der Waals surface area contributed by atoms with E-state index in [4.69, 9.17) is 5.11 Å². The van der Waals surface area contributed by atoms with Crippen LogP contribution in [0.3, 0.4) is 0 Å². The van der Waals surface area contributed by atoms with E-state index in [0.29, 0.717) is 19.4 Å². The Morgan fingerprint density at radius 3 is 2.38 bits per heavy atom. The van der Waals surface area contributed by atoms with E-state index in [1.807, 2.05) is 0 Å². The molecule has 0 aromatic carbocycles. The maximum absolute atomic E-state index is 12.8. The number of hydrogen-bond acceptors (Lipinski definition) is 2. The lowest BCUT2D eigenvalue weighted by Crippen LogP contribution is -2.39. The van der Waals surface area contributed by atoms with Gasteiger partial charge in [-0.25, -0.2) is 0 Å². The van der Waals surface area contributed by atoms with Crippen molar-refractivity contribution in [2.75, 3.05) is 13.1 Å². The highest BCUT2D eigenvalue weighted by atomic mass is 19.4. The van der Waals surface area contributed by atoms with Gasteiger partial charge in [0.15, 0.2) is 0 Å². The Balaban J connectivity index is 1.99. The van der Waals surface area contributed by atoms with Crippen molar-refractivity contribution in [1.82, 2.24) is 4.90 Å². The SMILES string of the molecule is CC1CN(C(=O)C2CCCC(C(F)(F)F)C2)CC1C(=O)O. The Bertz CT molecular complexity index is 424. The number of carboxylic acids is 1. The summed E-state index contributed by atoms with van der Waals surface area (Å²) in [5.74, 6) is -4.06. The summed E-state index contributed by atoms with van der Waals surface area (Å²) in [5, 5.41) is 9.06. The van der Waals surface area contributed by atoms with Crippen molar-refractivity contribution >= 4 is 11.9 Å². The van der Waals surface area contributed by atoms with Crippen LogP contribution in [0, 0.1) is 23.7 Å². The topological polar surface area (TPSA) is 57.6 Å². The van der Waals surface area contributed by atoms with Crippen molar-refractivity contribution in [3.8, 4) is 0 Å². The number of likely N-dealkylation sites (tertiary alicyclic amines) is 1. The Morgan fingerprint density at radius 1 is 1.19 bits per heavy atom. The van der Waals surface area contributed by atoms with Crippen LogP contribution in [-0.2, 0) is 9.59 Å². The van der Waals surface area contributed by atoms with Gasteiger partial charge in [-0.15, -0.1) is 0 Å². The first-order valence-corrected chi connectivity index (χ1v) is 7.28. The zero-order valence-electron chi connectivity index (χ0n) is 11.9. The molecule has 4 nitrogen and oxygen atoms in total. The second-order valence-electron chi connectivity index (χ2n) is 6.27. The molecule has 0 bridgehead atoms. The molecule has 4 unspecified atom stereocenters. The lowest BCUT2D eigenvalue weighted by molar-refractivity contribution is -0.187. The number of carboxylic acid groups (broad SMARTS) is 1. The van der Waals surface area contributed by atoms with Crippen LogP contribution in [0.4, 0.5) is 13.2 Å². The fourth-order valence-corrected chi connectivity index (χ4v) is 3.44. The maximum Gasteiger partial charge on any atom is 0.391 e. The predicted octanol–water partition coefficient (Wildman–Crippen LogP) is 2.53. The Hall–Kier alpha value is -1.27. The predicted molar refractivity (Wildman–Crippen MR) is 68.4 cm³/mol. The third-order valence-corrected chi connectivity index (χ3v) is 4.73. The number of carbonyl (C=O) groups excluding carboxylic acids is 1. The second kappa shape index (κ2) is 5.85. The van der Waals surface area contributed by atoms with Crippen LogP contribution in [0.25, 0.3) is 0 Å². The molecule has 1 amide bonds. The van der Waals surface area contributed by atoms with Gasteiger partial charge in [0.05, 0.1) is 11.8 Å². The molecule has 120 valence electrons. The summed E-state index contributed by atoms with van der Waals surface area (Å²) >= 11 is 0. The standard InChI is InChI=1S/C14H20F3NO3/c1-8-6-18(7-11(8)13(20)21)12(19)9-3-2-4-10(5-9)14(15,16)17/h8-11H,2-7H2,1H3,(H,20,21). The molecule has 1 saturated carbocycles. The Kier molecular flexibility index (Phi) is 4.49. The second-order valence-corrected chi connectivity index (χ2v) is 6.27. The number of alkyl halides is 3. The normalized spacial score (nSPS) is 34.0.